The van der Waals surface area contributed by atoms with E-state index >= 15 is 0 Å². The molecule has 1 atom stereocenters. The summed E-state index contributed by atoms with van der Waals surface area (Å²) in [7, 11) is 3.34. The molecule has 2 aromatic carbocycles. The Hall–Kier alpha value is -2.20. The molecule has 2 aromatic rings. The number of para-hydroxylation sites is 2. The van der Waals surface area contributed by atoms with Gasteiger partial charge in [-0.05, 0) is 30.5 Å². The Morgan fingerprint density at radius 2 is 1.91 bits per heavy atom. The summed E-state index contributed by atoms with van der Waals surface area (Å²) in [5, 5.41) is 0. The van der Waals surface area contributed by atoms with Crippen LogP contribution in [0.1, 0.15) is 23.6 Å². The molecule has 4 heteroatoms. The molecule has 1 unspecified atom stereocenters. The number of benzene rings is 2. The Morgan fingerprint density at radius 3 is 2.65 bits per heavy atom. The van der Waals surface area contributed by atoms with E-state index in [1.54, 1.807) is 14.2 Å². The molecule has 1 aliphatic heterocycles. The van der Waals surface area contributed by atoms with Crippen LogP contribution in [-0.4, -0.2) is 27.3 Å². The third-order valence-corrected chi connectivity index (χ3v) is 4.54. The van der Waals surface area contributed by atoms with Gasteiger partial charge in [0.1, 0.15) is 0 Å². The van der Waals surface area contributed by atoms with Gasteiger partial charge < -0.3 is 20.1 Å². The van der Waals surface area contributed by atoms with Crippen molar-refractivity contribution in [2.45, 2.75) is 18.9 Å². The minimum absolute atomic E-state index is 0.0708. The molecular formula is C19H24N2O2. The van der Waals surface area contributed by atoms with Crippen molar-refractivity contribution in [3.8, 4) is 11.5 Å². The number of aryl methyl sites for hydroxylation is 1. The van der Waals surface area contributed by atoms with Crippen LogP contribution < -0.4 is 20.1 Å². The summed E-state index contributed by atoms with van der Waals surface area (Å²) in [6, 6.07) is 14.6. The van der Waals surface area contributed by atoms with E-state index in [2.05, 4.69) is 35.2 Å². The maximum absolute atomic E-state index is 6.17. The van der Waals surface area contributed by atoms with Crippen LogP contribution in [0.5, 0.6) is 11.5 Å². The van der Waals surface area contributed by atoms with Crippen LogP contribution in [0.25, 0.3) is 0 Å². The maximum atomic E-state index is 6.17. The number of hydrogen-bond donors (Lipinski definition) is 1. The summed E-state index contributed by atoms with van der Waals surface area (Å²) >= 11 is 0. The van der Waals surface area contributed by atoms with Gasteiger partial charge in [0.05, 0.1) is 20.3 Å². The van der Waals surface area contributed by atoms with Gasteiger partial charge in [0.25, 0.3) is 0 Å². The van der Waals surface area contributed by atoms with Crippen molar-refractivity contribution in [2.75, 3.05) is 32.2 Å². The number of ether oxygens (including phenoxy) is 2. The van der Waals surface area contributed by atoms with Gasteiger partial charge in [-0.25, -0.2) is 0 Å². The number of anilines is 1. The Morgan fingerprint density at radius 1 is 1.09 bits per heavy atom. The van der Waals surface area contributed by atoms with Crippen LogP contribution >= 0.6 is 0 Å². The van der Waals surface area contributed by atoms with E-state index < -0.39 is 0 Å². The zero-order valence-electron chi connectivity index (χ0n) is 13.8. The van der Waals surface area contributed by atoms with Gasteiger partial charge in [0, 0.05) is 24.3 Å². The molecule has 4 nitrogen and oxygen atoms in total. The van der Waals surface area contributed by atoms with Gasteiger partial charge in [-0.15, -0.1) is 0 Å². The topological polar surface area (TPSA) is 47.7 Å². The van der Waals surface area contributed by atoms with Crippen LogP contribution in [0.4, 0.5) is 5.69 Å². The zero-order chi connectivity index (χ0) is 16.2. The van der Waals surface area contributed by atoms with E-state index in [4.69, 9.17) is 15.2 Å². The van der Waals surface area contributed by atoms with Crippen LogP contribution in [0.2, 0.25) is 0 Å². The van der Waals surface area contributed by atoms with Crippen LogP contribution in [-0.2, 0) is 6.42 Å². The van der Waals surface area contributed by atoms with Crippen LogP contribution in [0.3, 0.4) is 0 Å². The fourth-order valence-corrected chi connectivity index (χ4v) is 3.48. The van der Waals surface area contributed by atoms with Crippen molar-refractivity contribution in [2.24, 2.45) is 5.73 Å². The molecule has 0 aliphatic carbocycles. The summed E-state index contributed by atoms with van der Waals surface area (Å²) in [4.78, 5) is 2.40. The third-order valence-electron chi connectivity index (χ3n) is 4.54. The van der Waals surface area contributed by atoms with E-state index in [0.29, 0.717) is 6.54 Å². The lowest BCUT2D eigenvalue weighted by atomic mass is 9.96. The quantitative estimate of drug-likeness (QED) is 0.921. The van der Waals surface area contributed by atoms with Crippen molar-refractivity contribution in [3.63, 3.8) is 0 Å². The Bertz CT molecular complexity index is 672. The lowest BCUT2D eigenvalue weighted by Crippen LogP contribution is -2.37. The number of fused-ring (bicyclic) bond motifs is 1. The van der Waals surface area contributed by atoms with E-state index in [1.807, 2.05) is 12.1 Å². The molecule has 0 aromatic heterocycles. The van der Waals surface area contributed by atoms with Crippen molar-refractivity contribution >= 4 is 5.69 Å². The maximum Gasteiger partial charge on any atom is 0.166 e. The summed E-state index contributed by atoms with van der Waals surface area (Å²) in [5.74, 6) is 1.52. The van der Waals surface area contributed by atoms with Crippen LogP contribution in [0.15, 0.2) is 42.5 Å². The first kappa shape index (κ1) is 15.7. The predicted octanol–water partition coefficient (Wildman–Crippen LogP) is 3.16. The van der Waals surface area contributed by atoms with Gasteiger partial charge in [0.2, 0.25) is 0 Å². The monoisotopic (exact) mass is 312 g/mol. The average Bonchev–Trinajstić information content (AvgIpc) is 2.62. The normalized spacial score (nSPS) is 15.0. The smallest absolute Gasteiger partial charge is 0.166 e. The molecule has 0 fully saturated rings. The molecule has 0 spiro atoms. The number of methoxy groups -OCH3 is 2. The van der Waals surface area contributed by atoms with Gasteiger partial charge in [0.15, 0.2) is 11.5 Å². The predicted molar refractivity (Wildman–Crippen MR) is 93.5 cm³/mol. The average molecular weight is 312 g/mol. The molecular weight excluding hydrogens is 288 g/mol. The van der Waals surface area contributed by atoms with E-state index in [-0.39, 0.29) is 6.04 Å². The van der Waals surface area contributed by atoms with E-state index in [9.17, 15) is 0 Å². The highest BCUT2D eigenvalue weighted by Crippen LogP contribution is 2.40. The SMILES string of the molecule is COc1cccc(C(CN)N2CCCc3ccccc32)c1OC. The van der Waals surface area contributed by atoms with E-state index in [1.165, 1.54) is 11.3 Å². The van der Waals surface area contributed by atoms with E-state index in [0.717, 1.165) is 36.4 Å². The largest absolute Gasteiger partial charge is 0.493 e. The molecule has 3 rings (SSSR count). The highest BCUT2D eigenvalue weighted by molar-refractivity contribution is 5.59. The summed E-state index contributed by atoms with van der Waals surface area (Å²) in [6.45, 7) is 1.52. The molecule has 2 N–H and O–H groups in total. The second kappa shape index (κ2) is 6.92. The molecule has 0 saturated heterocycles. The Labute approximate surface area is 137 Å². The molecule has 0 amide bonds. The fourth-order valence-electron chi connectivity index (χ4n) is 3.48. The highest BCUT2D eigenvalue weighted by Gasteiger charge is 2.27. The minimum Gasteiger partial charge on any atom is -0.493 e. The van der Waals surface area contributed by atoms with Crippen molar-refractivity contribution in [3.05, 3.63) is 53.6 Å². The molecule has 23 heavy (non-hydrogen) atoms. The van der Waals surface area contributed by atoms with Gasteiger partial charge in [-0.1, -0.05) is 30.3 Å². The molecule has 0 bridgehead atoms. The first-order valence-electron chi connectivity index (χ1n) is 8.05. The minimum atomic E-state index is 0.0708. The number of hydrogen-bond acceptors (Lipinski definition) is 4. The molecule has 0 radical (unpaired) electrons. The Balaban J connectivity index is 2.05. The second-order valence-electron chi connectivity index (χ2n) is 5.76. The van der Waals surface area contributed by atoms with Gasteiger partial charge >= 0.3 is 0 Å². The van der Waals surface area contributed by atoms with Crippen molar-refractivity contribution < 1.29 is 9.47 Å². The van der Waals surface area contributed by atoms with Gasteiger partial charge in [-0.3, -0.25) is 0 Å². The number of nitrogens with two attached hydrogens (primary N) is 1. The lowest BCUT2D eigenvalue weighted by Gasteiger charge is -2.38. The lowest BCUT2D eigenvalue weighted by molar-refractivity contribution is 0.348. The molecule has 1 heterocycles. The molecule has 122 valence electrons. The van der Waals surface area contributed by atoms with Crippen molar-refractivity contribution in [1.29, 1.82) is 0 Å². The summed E-state index contributed by atoms with van der Waals surface area (Å²) in [6.07, 6.45) is 2.26. The first-order valence-corrected chi connectivity index (χ1v) is 8.05. The standard InChI is InChI=1S/C19H24N2O2/c1-22-18-11-5-9-15(19(18)23-2)17(13-20)21-12-6-8-14-7-3-4-10-16(14)21/h3-5,7,9-11,17H,6,8,12-13,20H2,1-2H3. The highest BCUT2D eigenvalue weighted by atomic mass is 16.5. The Kier molecular flexibility index (Phi) is 4.72. The van der Waals surface area contributed by atoms with Crippen LogP contribution in [0, 0.1) is 0 Å². The fraction of sp³-hybridized carbons (Fsp3) is 0.368. The zero-order valence-corrected chi connectivity index (χ0v) is 13.8. The number of nitrogens with zero attached hydrogens (tertiary/aromatic N) is 1. The summed E-state index contributed by atoms with van der Waals surface area (Å²) in [5.41, 5.74) is 9.91. The summed E-state index contributed by atoms with van der Waals surface area (Å²) < 4.78 is 11.1. The van der Waals surface area contributed by atoms with Crippen molar-refractivity contribution in [1.82, 2.24) is 0 Å². The second-order valence-corrected chi connectivity index (χ2v) is 5.76. The van der Waals surface area contributed by atoms with Gasteiger partial charge in [-0.2, -0.15) is 0 Å². The third kappa shape index (κ3) is 2.86. The first-order chi connectivity index (χ1) is 11.3. The molecule has 1 aliphatic rings. The number of rotatable bonds is 5. The molecule has 0 saturated carbocycles.